The fourth-order valence-corrected chi connectivity index (χ4v) is 4.85. The Hall–Kier alpha value is -2.14. The normalized spacial score (nSPS) is 21.2. The van der Waals surface area contributed by atoms with E-state index in [0.29, 0.717) is 16.5 Å². The van der Waals surface area contributed by atoms with Crippen LogP contribution in [0.15, 0.2) is 30.3 Å². The predicted molar refractivity (Wildman–Crippen MR) is 93.6 cm³/mol. The first-order chi connectivity index (χ1) is 11.7. The van der Waals surface area contributed by atoms with Crippen LogP contribution in [0.5, 0.6) is 0 Å². The van der Waals surface area contributed by atoms with Crippen LogP contribution in [0.25, 0.3) is 0 Å². The topological polar surface area (TPSA) is 55.4 Å². The third kappa shape index (κ3) is 2.63. The maximum Gasteiger partial charge on any atom is 0.341 e. The second-order valence-corrected chi connectivity index (χ2v) is 7.51. The van der Waals surface area contributed by atoms with E-state index in [0.717, 1.165) is 31.2 Å². The molecule has 0 spiro atoms. The van der Waals surface area contributed by atoms with Gasteiger partial charge in [-0.2, -0.15) is 0 Å². The Bertz CT molecular complexity index is 796. The molecule has 24 heavy (non-hydrogen) atoms. The predicted octanol–water partition coefficient (Wildman–Crippen LogP) is 3.77. The summed E-state index contributed by atoms with van der Waals surface area (Å²) in [6, 6.07) is 10.1. The van der Waals surface area contributed by atoms with Crippen molar-refractivity contribution in [2.45, 2.75) is 31.6 Å². The molecule has 2 aromatic rings. The van der Waals surface area contributed by atoms with Crippen LogP contribution in [0.1, 0.15) is 45.1 Å². The summed E-state index contributed by atoms with van der Waals surface area (Å²) in [4.78, 5) is 25.9. The lowest BCUT2D eigenvalue weighted by Crippen LogP contribution is -2.16. The Kier molecular flexibility index (Phi) is 3.88. The molecule has 4 nitrogen and oxygen atoms in total. The molecular weight excluding hydrogens is 322 g/mol. The number of hydrogen-bond acceptors (Lipinski definition) is 4. The van der Waals surface area contributed by atoms with Gasteiger partial charge in [0.25, 0.3) is 0 Å². The number of thiophene rings is 1. The Balaban J connectivity index is 1.52. The van der Waals surface area contributed by atoms with Crippen molar-refractivity contribution in [3.8, 4) is 0 Å². The molecule has 1 aromatic heterocycles. The highest BCUT2D eigenvalue weighted by molar-refractivity contribution is 7.17. The van der Waals surface area contributed by atoms with Gasteiger partial charge >= 0.3 is 5.97 Å². The van der Waals surface area contributed by atoms with E-state index < -0.39 is 0 Å². The molecule has 1 N–H and O–H groups in total. The van der Waals surface area contributed by atoms with Gasteiger partial charge in [0.2, 0.25) is 5.91 Å². The number of fused-ring (bicyclic) bond motifs is 1. The zero-order valence-corrected chi connectivity index (χ0v) is 14.3. The van der Waals surface area contributed by atoms with E-state index in [1.54, 1.807) is 0 Å². The van der Waals surface area contributed by atoms with E-state index in [4.69, 9.17) is 4.74 Å². The van der Waals surface area contributed by atoms with Gasteiger partial charge < -0.3 is 10.1 Å². The van der Waals surface area contributed by atoms with Crippen molar-refractivity contribution < 1.29 is 14.3 Å². The van der Waals surface area contributed by atoms with Gasteiger partial charge in [-0.05, 0) is 42.7 Å². The molecule has 124 valence electrons. The Morgan fingerprint density at radius 3 is 2.75 bits per heavy atom. The van der Waals surface area contributed by atoms with Crippen molar-refractivity contribution >= 4 is 28.2 Å². The third-order valence-corrected chi connectivity index (χ3v) is 6.11. The van der Waals surface area contributed by atoms with Crippen LogP contribution in [-0.2, 0) is 22.4 Å². The van der Waals surface area contributed by atoms with Gasteiger partial charge in [-0.3, -0.25) is 4.79 Å². The molecule has 1 saturated carbocycles. The maximum atomic E-state index is 12.6. The summed E-state index contributed by atoms with van der Waals surface area (Å²) in [5.74, 6) is -0.0524. The molecular formula is C19H19NO3S. The zero-order valence-electron chi connectivity index (χ0n) is 13.5. The van der Waals surface area contributed by atoms with Crippen molar-refractivity contribution in [1.82, 2.24) is 0 Å². The number of ether oxygens (including phenoxy) is 1. The third-order valence-electron chi connectivity index (χ3n) is 4.90. The summed E-state index contributed by atoms with van der Waals surface area (Å²) in [7, 11) is 1.39. The van der Waals surface area contributed by atoms with Gasteiger partial charge in [0.1, 0.15) is 5.00 Å². The first kappa shape index (κ1) is 15.4. The Morgan fingerprint density at radius 1 is 1.21 bits per heavy atom. The molecule has 2 aliphatic rings. The number of carbonyl (C=O) groups excluding carboxylic acids is 2. The summed E-state index contributed by atoms with van der Waals surface area (Å²) in [6.07, 6.45) is 3.81. The molecule has 1 amide bonds. The van der Waals surface area contributed by atoms with E-state index in [2.05, 4.69) is 17.4 Å². The number of rotatable bonds is 4. The number of anilines is 1. The van der Waals surface area contributed by atoms with Crippen molar-refractivity contribution in [2.75, 3.05) is 12.4 Å². The fourth-order valence-electron chi connectivity index (χ4n) is 3.57. The van der Waals surface area contributed by atoms with E-state index in [-0.39, 0.29) is 17.8 Å². The van der Waals surface area contributed by atoms with Crippen LogP contribution >= 0.6 is 11.3 Å². The molecule has 2 atom stereocenters. The van der Waals surface area contributed by atoms with Crippen LogP contribution in [0.4, 0.5) is 5.00 Å². The zero-order chi connectivity index (χ0) is 16.7. The fraction of sp³-hybridized carbons (Fsp3) is 0.368. The summed E-state index contributed by atoms with van der Waals surface area (Å²) >= 11 is 1.53. The van der Waals surface area contributed by atoms with Crippen LogP contribution in [-0.4, -0.2) is 19.0 Å². The van der Waals surface area contributed by atoms with Crippen LogP contribution in [0.2, 0.25) is 0 Å². The second kappa shape index (κ2) is 6.06. The molecule has 4 rings (SSSR count). The quantitative estimate of drug-likeness (QED) is 0.862. The maximum absolute atomic E-state index is 12.6. The molecule has 5 heteroatoms. The molecule has 1 heterocycles. The van der Waals surface area contributed by atoms with E-state index in [1.807, 2.05) is 18.2 Å². The number of aryl methyl sites for hydroxylation is 1. The highest BCUT2D eigenvalue weighted by Gasteiger charge is 2.44. The van der Waals surface area contributed by atoms with Crippen molar-refractivity contribution in [1.29, 1.82) is 0 Å². The van der Waals surface area contributed by atoms with Crippen LogP contribution in [0.3, 0.4) is 0 Å². The van der Waals surface area contributed by atoms with Gasteiger partial charge in [0.15, 0.2) is 0 Å². The van der Waals surface area contributed by atoms with Gasteiger partial charge in [-0.25, -0.2) is 4.79 Å². The first-order valence-electron chi connectivity index (χ1n) is 8.27. The SMILES string of the molecule is COC(=O)c1c(NC(=O)[C@@H]2C[C@H]2c2ccccc2)sc2c1CCC2. The molecule has 1 aromatic carbocycles. The van der Waals surface area contributed by atoms with E-state index >= 15 is 0 Å². The highest BCUT2D eigenvalue weighted by Crippen LogP contribution is 2.48. The van der Waals surface area contributed by atoms with Crippen molar-refractivity contribution in [3.05, 3.63) is 51.9 Å². The number of methoxy groups -OCH3 is 1. The molecule has 0 saturated heterocycles. The van der Waals surface area contributed by atoms with Crippen LogP contribution < -0.4 is 5.32 Å². The average Bonchev–Trinajstić information content (AvgIpc) is 3.17. The Labute approximate surface area is 144 Å². The number of hydrogen-bond donors (Lipinski definition) is 1. The number of carbonyl (C=O) groups is 2. The molecule has 0 bridgehead atoms. The number of amides is 1. The molecule has 0 unspecified atom stereocenters. The first-order valence-corrected chi connectivity index (χ1v) is 9.09. The van der Waals surface area contributed by atoms with Crippen molar-refractivity contribution in [2.24, 2.45) is 5.92 Å². The van der Waals surface area contributed by atoms with Gasteiger partial charge in [0, 0.05) is 10.8 Å². The molecule has 2 aliphatic carbocycles. The Morgan fingerprint density at radius 2 is 2.00 bits per heavy atom. The smallest absolute Gasteiger partial charge is 0.341 e. The van der Waals surface area contributed by atoms with E-state index in [9.17, 15) is 9.59 Å². The summed E-state index contributed by atoms with van der Waals surface area (Å²) in [5.41, 5.74) is 2.84. The number of nitrogens with one attached hydrogen (secondary N) is 1. The lowest BCUT2D eigenvalue weighted by atomic mass is 10.1. The minimum absolute atomic E-state index is 0.00478. The summed E-state index contributed by atoms with van der Waals surface area (Å²) in [5, 5.41) is 3.66. The molecule has 1 fully saturated rings. The lowest BCUT2D eigenvalue weighted by molar-refractivity contribution is -0.117. The summed E-state index contributed by atoms with van der Waals surface area (Å²) < 4.78 is 4.93. The lowest BCUT2D eigenvalue weighted by Gasteiger charge is -2.07. The van der Waals surface area contributed by atoms with Gasteiger partial charge in [-0.1, -0.05) is 30.3 Å². The minimum Gasteiger partial charge on any atom is -0.465 e. The average molecular weight is 341 g/mol. The number of benzene rings is 1. The van der Waals surface area contributed by atoms with Crippen LogP contribution in [0, 0.1) is 5.92 Å². The summed E-state index contributed by atoms with van der Waals surface area (Å²) in [6.45, 7) is 0. The van der Waals surface area contributed by atoms with Gasteiger partial charge in [0.05, 0.1) is 12.7 Å². The monoisotopic (exact) mass is 341 g/mol. The van der Waals surface area contributed by atoms with E-state index in [1.165, 1.54) is 28.9 Å². The molecule has 0 radical (unpaired) electrons. The highest BCUT2D eigenvalue weighted by atomic mass is 32.1. The largest absolute Gasteiger partial charge is 0.465 e. The second-order valence-electron chi connectivity index (χ2n) is 6.40. The standard InChI is InChI=1S/C19H19NO3S/c1-23-19(22)16-12-8-5-9-15(12)24-18(16)20-17(21)14-10-13(14)11-6-3-2-4-7-11/h2-4,6-7,13-14H,5,8-10H2,1H3,(H,20,21)/t13-,14+/m0/s1. The van der Waals surface area contributed by atoms with Crippen molar-refractivity contribution in [3.63, 3.8) is 0 Å². The number of esters is 1. The van der Waals surface area contributed by atoms with Gasteiger partial charge in [-0.15, -0.1) is 11.3 Å². The molecule has 0 aliphatic heterocycles. The minimum atomic E-state index is -0.347.